The molecule has 0 heterocycles. The fourth-order valence-electron chi connectivity index (χ4n) is 2.94. The molecule has 1 aliphatic rings. The Morgan fingerprint density at radius 2 is 1.59 bits per heavy atom. The van der Waals surface area contributed by atoms with Crippen molar-refractivity contribution in [2.24, 2.45) is 0 Å². The SMILES string of the molecule is CC(C)(C)c1ccccc1NCC(=O)Nc1ccccc1C(=O)NC1CC1. The molecule has 0 radical (unpaired) electrons. The molecule has 0 unspecified atom stereocenters. The second-order valence-electron chi connectivity index (χ2n) is 7.99. The molecule has 3 N–H and O–H groups in total. The zero-order valence-corrected chi connectivity index (χ0v) is 16.1. The van der Waals surface area contributed by atoms with Crippen LogP contribution in [-0.4, -0.2) is 24.4 Å². The van der Waals surface area contributed by atoms with Crippen molar-refractivity contribution in [3.63, 3.8) is 0 Å². The third kappa shape index (κ3) is 5.09. The van der Waals surface area contributed by atoms with Crippen molar-refractivity contribution in [1.29, 1.82) is 0 Å². The van der Waals surface area contributed by atoms with Gasteiger partial charge in [-0.25, -0.2) is 0 Å². The second kappa shape index (κ2) is 7.82. The van der Waals surface area contributed by atoms with Gasteiger partial charge in [-0.05, 0) is 42.0 Å². The number of carbonyl (C=O) groups excluding carboxylic acids is 2. The quantitative estimate of drug-likeness (QED) is 0.726. The average Bonchev–Trinajstić information content (AvgIpc) is 3.44. The van der Waals surface area contributed by atoms with Gasteiger partial charge in [-0.2, -0.15) is 0 Å². The highest BCUT2D eigenvalue weighted by atomic mass is 16.2. The van der Waals surface area contributed by atoms with Crippen LogP contribution in [0.2, 0.25) is 0 Å². The van der Waals surface area contributed by atoms with Crippen LogP contribution in [0.5, 0.6) is 0 Å². The first kappa shape index (κ1) is 19.0. The number of carbonyl (C=O) groups is 2. The lowest BCUT2D eigenvalue weighted by Gasteiger charge is -2.23. The molecule has 5 nitrogen and oxygen atoms in total. The molecule has 2 amide bonds. The molecule has 142 valence electrons. The highest BCUT2D eigenvalue weighted by Crippen LogP contribution is 2.29. The minimum absolute atomic E-state index is 0.0203. The van der Waals surface area contributed by atoms with Gasteiger partial charge in [0.05, 0.1) is 17.8 Å². The van der Waals surface area contributed by atoms with E-state index in [9.17, 15) is 9.59 Å². The number of anilines is 2. The fourth-order valence-corrected chi connectivity index (χ4v) is 2.94. The summed E-state index contributed by atoms with van der Waals surface area (Å²) in [5, 5.41) is 9.03. The standard InChI is InChI=1S/C22H27N3O2/c1-22(2,3)17-9-5-7-11-19(17)23-14-20(26)25-18-10-6-4-8-16(18)21(27)24-15-12-13-15/h4-11,15,23H,12-14H2,1-3H3,(H,24,27)(H,25,26). The van der Waals surface area contributed by atoms with Gasteiger partial charge in [-0.1, -0.05) is 51.1 Å². The van der Waals surface area contributed by atoms with Gasteiger partial charge in [0.15, 0.2) is 0 Å². The smallest absolute Gasteiger partial charge is 0.253 e. The van der Waals surface area contributed by atoms with Crippen LogP contribution in [-0.2, 0) is 10.2 Å². The van der Waals surface area contributed by atoms with Crippen LogP contribution < -0.4 is 16.0 Å². The Bertz CT molecular complexity index is 835. The van der Waals surface area contributed by atoms with Crippen molar-refractivity contribution >= 4 is 23.2 Å². The summed E-state index contributed by atoms with van der Waals surface area (Å²) >= 11 is 0. The Kier molecular flexibility index (Phi) is 5.49. The van der Waals surface area contributed by atoms with Gasteiger partial charge in [-0.3, -0.25) is 9.59 Å². The van der Waals surface area contributed by atoms with Gasteiger partial charge < -0.3 is 16.0 Å². The van der Waals surface area contributed by atoms with Crippen LogP contribution >= 0.6 is 0 Å². The maximum Gasteiger partial charge on any atom is 0.253 e. The number of rotatable bonds is 6. The van der Waals surface area contributed by atoms with E-state index in [1.165, 1.54) is 0 Å². The van der Waals surface area contributed by atoms with Crippen molar-refractivity contribution in [1.82, 2.24) is 5.32 Å². The normalized spacial score (nSPS) is 13.7. The van der Waals surface area contributed by atoms with E-state index < -0.39 is 0 Å². The van der Waals surface area contributed by atoms with E-state index in [1.54, 1.807) is 18.2 Å². The van der Waals surface area contributed by atoms with Crippen LogP contribution in [0.3, 0.4) is 0 Å². The van der Waals surface area contributed by atoms with E-state index >= 15 is 0 Å². The summed E-state index contributed by atoms with van der Waals surface area (Å²) in [5.74, 6) is -0.329. The van der Waals surface area contributed by atoms with Gasteiger partial charge in [0.2, 0.25) is 5.91 Å². The molecule has 5 heteroatoms. The summed E-state index contributed by atoms with van der Waals surface area (Å²) in [6, 6.07) is 15.4. The summed E-state index contributed by atoms with van der Waals surface area (Å²) in [7, 11) is 0. The van der Waals surface area contributed by atoms with E-state index in [0.717, 1.165) is 24.1 Å². The van der Waals surface area contributed by atoms with Crippen LogP contribution in [0.15, 0.2) is 48.5 Å². The summed E-state index contributed by atoms with van der Waals surface area (Å²) in [4.78, 5) is 24.8. The van der Waals surface area contributed by atoms with Crippen molar-refractivity contribution in [2.75, 3.05) is 17.2 Å². The maximum atomic E-state index is 12.5. The van der Waals surface area contributed by atoms with Gasteiger partial charge in [0.25, 0.3) is 5.91 Å². The topological polar surface area (TPSA) is 70.2 Å². The van der Waals surface area contributed by atoms with Crippen molar-refractivity contribution in [3.05, 3.63) is 59.7 Å². The maximum absolute atomic E-state index is 12.5. The van der Waals surface area contributed by atoms with Gasteiger partial charge in [-0.15, -0.1) is 0 Å². The zero-order valence-electron chi connectivity index (χ0n) is 16.1. The lowest BCUT2D eigenvalue weighted by Crippen LogP contribution is -2.28. The van der Waals surface area contributed by atoms with Crippen LogP contribution in [0, 0.1) is 0 Å². The molecule has 0 atom stereocenters. The van der Waals surface area contributed by atoms with E-state index in [0.29, 0.717) is 11.3 Å². The Morgan fingerprint density at radius 1 is 0.963 bits per heavy atom. The predicted molar refractivity (Wildman–Crippen MR) is 109 cm³/mol. The first-order chi connectivity index (χ1) is 12.8. The molecular formula is C22H27N3O2. The van der Waals surface area contributed by atoms with Crippen LogP contribution in [0.4, 0.5) is 11.4 Å². The van der Waals surface area contributed by atoms with E-state index in [4.69, 9.17) is 0 Å². The number of benzene rings is 2. The largest absolute Gasteiger partial charge is 0.376 e. The molecule has 1 aliphatic carbocycles. The average molecular weight is 365 g/mol. The van der Waals surface area contributed by atoms with Crippen LogP contribution in [0.1, 0.15) is 49.5 Å². The Labute approximate surface area is 160 Å². The molecule has 0 bridgehead atoms. The molecule has 2 aromatic rings. The van der Waals surface area contributed by atoms with E-state index in [1.807, 2.05) is 24.3 Å². The van der Waals surface area contributed by atoms with Gasteiger partial charge in [0.1, 0.15) is 0 Å². The molecule has 0 aliphatic heterocycles. The molecular weight excluding hydrogens is 338 g/mol. The van der Waals surface area contributed by atoms with E-state index in [-0.39, 0.29) is 29.8 Å². The first-order valence-corrected chi connectivity index (χ1v) is 9.38. The molecule has 0 saturated heterocycles. The molecule has 2 aromatic carbocycles. The summed E-state index contributed by atoms with van der Waals surface area (Å²) in [6.45, 7) is 6.55. The minimum atomic E-state index is -0.189. The summed E-state index contributed by atoms with van der Waals surface area (Å²) < 4.78 is 0. The molecule has 0 aromatic heterocycles. The third-order valence-corrected chi connectivity index (χ3v) is 4.53. The van der Waals surface area contributed by atoms with Crippen LogP contribution in [0.25, 0.3) is 0 Å². The van der Waals surface area contributed by atoms with Crippen molar-refractivity contribution in [3.8, 4) is 0 Å². The van der Waals surface area contributed by atoms with Gasteiger partial charge >= 0.3 is 0 Å². The minimum Gasteiger partial charge on any atom is -0.376 e. The molecule has 27 heavy (non-hydrogen) atoms. The molecule has 3 rings (SSSR count). The predicted octanol–water partition coefficient (Wildman–Crippen LogP) is 3.93. The summed E-state index contributed by atoms with van der Waals surface area (Å²) in [5.41, 5.74) is 3.11. The lowest BCUT2D eigenvalue weighted by molar-refractivity contribution is -0.114. The monoisotopic (exact) mass is 365 g/mol. The number of hydrogen-bond donors (Lipinski definition) is 3. The Morgan fingerprint density at radius 3 is 2.26 bits per heavy atom. The Hall–Kier alpha value is -2.82. The first-order valence-electron chi connectivity index (χ1n) is 9.38. The second-order valence-corrected chi connectivity index (χ2v) is 7.99. The van der Waals surface area contributed by atoms with Crippen molar-refractivity contribution < 1.29 is 9.59 Å². The van der Waals surface area contributed by atoms with Gasteiger partial charge in [0, 0.05) is 11.7 Å². The fraction of sp³-hybridized carbons (Fsp3) is 0.364. The molecule has 1 fully saturated rings. The molecule has 1 saturated carbocycles. The number of nitrogens with one attached hydrogen (secondary N) is 3. The highest BCUT2D eigenvalue weighted by molar-refractivity contribution is 6.04. The summed E-state index contributed by atoms with van der Waals surface area (Å²) in [6.07, 6.45) is 2.05. The molecule has 0 spiro atoms. The highest BCUT2D eigenvalue weighted by Gasteiger charge is 2.25. The zero-order chi connectivity index (χ0) is 19.4. The Balaban J connectivity index is 1.65. The van der Waals surface area contributed by atoms with Crippen molar-refractivity contribution in [2.45, 2.75) is 45.1 Å². The lowest BCUT2D eigenvalue weighted by atomic mass is 9.86. The van der Waals surface area contributed by atoms with E-state index in [2.05, 4.69) is 42.8 Å². The number of amides is 2. The number of para-hydroxylation sites is 2. The number of hydrogen-bond acceptors (Lipinski definition) is 3. The third-order valence-electron chi connectivity index (χ3n) is 4.53.